The Morgan fingerprint density at radius 2 is 1.96 bits per heavy atom. The van der Waals surface area contributed by atoms with E-state index >= 15 is 0 Å². The van der Waals surface area contributed by atoms with E-state index in [0.717, 1.165) is 36.2 Å². The minimum atomic E-state index is -0.00274. The summed E-state index contributed by atoms with van der Waals surface area (Å²) in [4.78, 5) is 18.7. The minimum Gasteiger partial charge on any atom is -0.357 e. The van der Waals surface area contributed by atoms with E-state index in [2.05, 4.69) is 49.8 Å². The maximum absolute atomic E-state index is 11.6. The van der Waals surface area contributed by atoms with Gasteiger partial charge in [0.15, 0.2) is 5.96 Å². The molecule has 8 heteroatoms. The molecule has 142 valence electrons. The molecule has 5 nitrogen and oxygen atoms in total. The molecule has 0 spiro atoms. The van der Waals surface area contributed by atoms with E-state index in [0.29, 0.717) is 5.96 Å². The predicted octanol–water partition coefficient (Wildman–Crippen LogP) is 3.58. The van der Waals surface area contributed by atoms with Gasteiger partial charge in [0, 0.05) is 36.6 Å². The van der Waals surface area contributed by atoms with Crippen molar-refractivity contribution < 1.29 is 4.79 Å². The van der Waals surface area contributed by atoms with Crippen molar-refractivity contribution in [2.24, 2.45) is 4.99 Å². The zero-order valence-corrected chi connectivity index (χ0v) is 19.8. The first-order valence-electron chi connectivity index (χ1n) is 8.14. The number of hydrogen-bond acceptors (Lipinski definition) is 3. The fourth-order valence-electron chi connectivity index (χ4n) is 1.81. The quantitative estimate of drug-likeness (QED) is 0.165. The normalized spacial score (nSPS) is 10.8. The van der Waals surface area contributed by atoms with Gasteiger partial charge in [-0.2, -0.15) is 0 Å². The molecule has 0 bridgehead atoms. The lowest BCUT2D eigenvalue weighted by Crippen LogP contribution is -2.38. The number of rotatable bonds is 9. The number of amides is 1. The molecule has 0 saturated carbocycles. The summed E-state index contributed by atoms with van der Waals surface area (Å²) in [6.07, 6.45) is 2.18. The number of unbranched alkanes of at least 4 members (excludes halogenated alkanes) is 1. The lowest BCUT2D eigenvalue weighted by Gasteiger charge is -2.12. The first kappa shape index (κ1) is 24.5. The summed E-state index contributed by atoms with van der Waals surface area (Å²) in [6.45, 7) is 3.80. The molecule has 0 heterocycles. The van der Waals surface area contributed by atoms with Gasteiger partial charge in [0.2, 0.25) is 5.91 Å². The molecule has 0 fully saturated rings. The van der Waals surface area contributed by atoms with Gasteiger partial charge in [0.1, 0.15) is 6.54 Å². The summed E-state index contributed by atoms with van der Waals surface area (Å²) < 4.78 is 1.15. The van der Waals surface area contributed by atoms with Crippen molar-refractivity contribution in [3.05, 3.63) is 28.7 Å². The monoisotopic (exact) mass is 542 g/mol. The number of halogens is 2. The highest BCUT2D eigenvalue weighted by molar-refractivity contribution is 14.0. The van der Waals surface area contributed by atoms with E-state index < -0.39 is 0 Å². The number of nitrogens with one attached hydrogen (secondary N) is 2. The number of hydrogen-bond donors (Lipinski definition) is 2. The summed E-state index contributed by atoms with van der Waals surface area (Å²) in [5.74, 6) is 1.78. The number of nitrogens with zero attached hydrogens (tertiary/aromatic N) is 2. The van der Waals surface area contributed by atoms with E-state index in [1.165, 1.54) is 4.90 Å². The second-order valence-electron chi connectivity index (χ2n) is 5.40. The molecule has 0 saturated heterocycles. The Morgan fingerprint density at radius 1 is 1.24 bits per heavy atom. The zero-order chi connectivity index (χ0) is 17.8. The highest BCUT2D eigenvalue weighted by atomic mass is 127. The first-order chi connectivity index (χ1) is 11.5. The highest BCUT2D eigenvalue weighted by Gasteiger charge is 2.04. The van der Waals surface area contributed by atoms with Crippen LogP contribution < -0.4 is 10.6 Å². The molecule has 25 heavy (non-hydrogen) atoms. The van der Waals surface area contributed by atoms with E-state index in [1.54, 1.807) is 19.0 Å². The largest absolute Gasteiger partial charge is 0.357 e. The minimum absolute atomic E-state index is 0. The molecule has 0 aliphatic carbocycles. The number of guanidine groups is 1. The van der Waals surface area contributed by atoms with Crippen molar-refractivity contribution in [3.8, 4) is 0 Å². The van der Waals surface area contributed by atoms with Crippen molar-refractivity contribution >= 4 is 63.5 Å². The Bertz CT molecular complexity index is 543. The maximum Gasteiger partial charge on any atom is 0.243 e. The van der Waals surface area contributed by atoms with E-state index in [4.69, 9.17) is 0 Å². The van der Waals surface area contributed by atoms with Crippen molar-refractivity contribution in [3.63, 3.8) is 0 Å². The molecule has 0 atom stereocenters. The van der Waals surface area contributed by atoms with E-state index in [-0.39, 0.29) is 36.4 Å². The molecular weight excluding hydrogens is 515 g/mol. The van der Waals surface area contributed by atoms with Crippen LogP contribution in [-0.2, 0) is 4.79 Å². The predicted molar refractivity (Wildman–Crippen MR) is 122 cm³/mol. The van der Waals surface area contributed by atoms with Crippen LogP contribution in [0.2, 0.25) is 0 Å². The molecular formula is C17H28BrIN4OS. The Kier molecular flexibility index (Phi) is 14.4. The second-order valence-corrected chi connectivity index (χ2v) is 7.39. The van der Waals surface area contributed by atoms with Crippen LogP contribution in [0.15, 0.2) is 38.6 Å². The Labute approximate surface area is 180 Å². The third kappa shape index (κ3) is 11.0. The zero-order valence-electron chi connectivity index (χ0n) is 15.0. The number of likely N-dealkylation sites (N-methyl/N-ethyl adjacent to an activating group) is 1. The summed E-state index contributed by atoms with van der Waals surface area (Å²) in [5.41, 5.74) is 0. The molecule has 0 radical (unpaired) electrons. The van der Waals surface area contributed by atoms with Crippen molar-refractivity contribution in [1.82, 2.24) is 15.5 Å². The lowest BCUT2D eigenvalue weighted by molar-refractivity contribution is -0.127. The third-order valence-corrected chi connectivity index (χ3v) is 5.29. The number of carbonyl (C=O) groups is 1. The Hall–Kier alpha value is -0.480. The van der Waals surface area contributed by atoms with Crippen molar-refractivity contribution in [2.75, 3.05) is 39.5 Å². The van der Waals surface area contributed by atoms with Crippen LogP contribution in [0.3, 0.4) is 0 Å². The molecule has 0 aliphatic rings. The molecule has 1 aromatic carbocycles. The Morgan fingerprint density at radius 3 is 2.60 bits per heavy atom. The van der Waals surface area contributed by atoms with Crippen LogP contribution in [0.25, 0.3) is 0 Å². The van der Waals surface area contributed by atoms with Gasteiger partial charge in [-0.05, 0) is 53.6 Å². The van der Waals surface area contributed by atoms with Crippen LogP contribution in [0, 0.1) is 0 Å². The smallest absolute Gasteiger partial charge is 0.243 e. The fourth-order valence-corrected chi connectivity index (χ4v) is 3.38. The average molecular weight is 543 g/mol. The van der Waals surface area contributed by atoms with Gasteiger partial charge in [-0.3, -0.25) is 4.79 Å². The van der Waals surface area contributed by atoms with Crippen molar-refractivity contribution in [2.45, 2.75) is 24.7 Å². The Balaban J connectivity index is 0.00000576. The van der Waals surface area contributed by atoms with Crippen molar-refractivity contribution in [1.29, 1.82) is 0 Å². The number of benzene rings is 1. The van der Waals surface area contributed by atoms with Gasteiger partial charge in [0.25, 0.3) is 0 Å². The summed E-state index contributed by atoms with van der Waals surface area (Å²) in [6, 6.07) is 8.28. The van der Waals surface area contributed by atoms with Gasteiger partial charge in [-0.25, -0.2) is 4.99 Å². The molecule has 1 rings (SSSR count). The van der Waals surface area contributed by atoms with E-state index in [1.807, 2.05) is 24.8 Å². The van der Waals surface area contributed by atoms with Crippen LogP contribution in [0.5, 0.6) is 0 Å². The third-order valence-electron chi connectivity index (χ3n) is 3.17. The molecule has 1 amide bonds. The summed E-state index contributed by atoms with van der Waals surface area (Å²) in [7, 11) is 3.47. The number of aliphatic imine (C=N–C) groups is 1. The summed E-state index contributed by atoms with van der Waals surface area (Å²) in [5, 5.41) is 6.43. The standard InChI is InChI=1S/C17H27BrN4OS.HI/c1-4-19-17(21-13-16(23)22(2)3)20-11-7-8-12-24-15-10-6-5-9-14(15)18;/h5-6,9-10H,4,7-8,11-13H2,1-3H3,(H2,19,20,21);1H. The van der Waals surface area contributed by atoms with Gasteiger partial charge in [-0.1, -0.05) is 12.1 Å². The van der Waals surface area contributed by atoms with Crippen LogP contribution in [-0.4, -0.2) is 56.2 Å². The molecule has 0 aromatic heterocycles. The second kappa shape index (κ2) is 14.7. The van der Waals surface area contributed by atoms with Gasteiger partial charge in [-0.15, -0.1) is 35.7 Å². The topological polar surface area (TPSA) is 56.7 Å². The number of carbonyl (C=O) groups excluding carboxylic acids is 1. The van der Waals surface area contributed by atoms with Crippen LogP contribution >= 0.6 is 51.7 Å². The van der Waals surface area contributed by atoms with Crippen LogP contribution in [0.4, 0.5) is 0 Å². The van der Waals surface area contributed by atoms with Crippen LogP contribution in [0.1, 0.15) is 19.8 Å². The summed E-state index contributed by atoms with van der Waals surface area (Å²) >= 11 is 5.43. The first-order valence-corrected chi connectivity index (χ1v) is 9.92. The van der Waals surface area contributed by atoms with E-state index in [9.17, 15) is 4.79 Å². The SMILES string of the molecule is CCNC(=NCC(=O)N(C)C)NCCCCSc1ccccc1Br.I. The molecule has 1 aromatic rings. The van der Waals surface area contributed by atoms with Gasteiger partial charge in [0.05, 0.1) is 0 Å². The molecule has 2 N–H and O–H groups in total. The number of thioether (sulfide) groups is 1. The van der Waals surface area contributed by atoms with Gasteiger partial charge >= 0.3 is 0 Å². The highest BCUT2D eigenvalue weighted by Crippen LogP contribution is 2.27. The fraction of sp³-hybridized carbons (Fsp3) is 0.529. The average Bonchev–Trinajstić information content (AvgIpc) is 2.56. The molecule has 0 aliphatic heterocycles. The lowest BCUT2D eigenvalue weighted by atomic mass is 10.3. The van der Waals surface area contributed by atoms with Gasteiger partial charge < -0.3 is 15.5 Å². The molecule has 0 unspecified atom stereocenters. The maximum atomic E-state index is 11.6.